The molecule has 1 N–H and O–H groups in total. The van der Waals surface area contributed by atoms with E-state index in [0.717, 1.165) is 12.0 Å². The lowest BCUT2D eigenvalue weighted by atomic mass is 9.98. The number of aryl methyl sites for hydroxylation is 2. The van der Waals surface area contributed by atoms with E-state index in [2.05, 4.69) is 0 Å². The van der Waals surface area contributed by atoms with Crippen LogP contribution in [0.3, 0.4) is 0 Å². The lowest BCUT2D eigenvalue weighted by Crippen LogP contribution is -2.29. The molecule has 0 aliphatic carbocycles. The highest BCUT2D eigenvalue weighted by atomic mass is 16.5. The average molecular weight is 431 g/mol. The highest BCUT2D eigenvalue weighted by Crippen LogP contribution is 2.42. The summed E-state index contributed by atoms with van der Waals surface area (Å²) in [6.07, 6.45) is 0.856. The lowest BCUT2D eigenvalue weighted by molar-refractivity contribution is -0.132. The number of rotatable bonds is 6. The van der Waals surface area contributed by atoms with Crippen molar-refractivity contribution in [1.29, 1.82) is 0 Å². The van der Waals surface area contributed by atoms with Crippen LogP contribution in [0.25, 0.3) is 5.76 Å². The quantitative estimate of drug-likeness (QED) is 0.331. The third kappa shape index (κ3) is 3.80. The summed E-state index contributed by atoms with van der Waals surface area (Å²) in [6, 6.07) is 16.8. The molecule has 0 saturated carbocycles. The van der Waals surface area contributed by atoms with Crippen LogP contribution in [0.5, 0.6) is 5.75 Å². The van der Waals surface area contributed by atoms with Gasteiger partial charge in [-0.25, -0.2) is 0 Å². The van der Waals surface area contributed by atoms with Crippen LogP contribution >= 0.6 is 0 Å². The summed E-state index contributed by atoms with van der Waals surface area (Å²) in [5.41, 5.74) is 2.09. The molecule has 164 valence electrons. The molecular weight excluding hydrogens is 406 g/mol. The number of carbonyl (C=O) groups is 2. The third-order valence-electron chi connectivity index (χ3n) is 5.54. The van der Waals surface area contributed by atoms with Crippen molar-refractivity contribution in [2.75, 3.05) is 11.5 Å². The first-order valence-corrected chi connectivity index (χ1v) is 10.6. The summed E-state index contributed by atoms with van der Waals surface area (Å²) < 4.78 is 11.3. The fourth-order valence-electron chi connectivity index (χ4n) is 3.89. The number of benzene rings is 2. The topological polar surface area (TPSA) is 80.0 Å². The van der Waals surface area contributed by atoms with Crippen molar-refractivity contribution in [2.24, 2.45) is 0 Å². The number of carbonyl (C=O) groups excluding carboxylic acids is 2. The molecule has 1 aliphatic rings. The van der Waals surface area contributed by atoms with Crippen LogP contribution in [-0.4, -0.2) is 23.4 Å². The second kappa shape index (κ2) is 8.75. The molecule has 1 atom stereocenters. The van der Waals surface area contributed by atoms with Gasteiger partial charge in [0.05, 0.1) is 12.2 Å². The summed E-state index contributed by atoms with van der Waals surface area (Å²) in [6.45, 7) is 6.23. The molecule has 1 saturated heterocycles. The van der Waals surface area contributed by atoms with E-state index < -0.39 is 17.7 Å². The standard InChI is InChI=1S/C26H25NO5/c1-4-17-7-9-18(10-8-17)24(28)22-23(21-15-6-16(3)32-21)27(26(30)25(22)29)19-11-13-20(14-12-19)31-5-2/h6-15,23,28H,4-5H2,1-3H3/b24-22-. The van der Waals surface area contributed by atoms with Gasteiger partial charge in [-0.3, -0.25) is 14.5 Å². The molecule has 0 radical (unpaired) electrons. The Morgan fingerprint density at radius 3 is 2.25 bits per heavy atom. The van der Waals surface area contributed by atoms with Gasteiger partial charge in [-0.15, -0.1) is 0 Å². The van der Waals surface area contributed by atoms with Crippen LogP contribution < -0.4 is 9.64 Å². The molecule has 1 aromatic heterocycles. The van der Waals surface area contributed by atoms with Gasteiger partial charge >= 0.3 is 0 Å². The SMILES string of the molecule is CCOc1ccc(N2C(=O)C(=O)/C(=C(\O)c3ccc(CC)cc3)C2c2ccc(C)o2)cc1. The Balaban J connectivity index is 1.85. The number of furan rings is 1. The van der Waals surface area contributed by atoms with Gasteiger partial charge in [0.2, 0.25) is 0 Å². The summed E-state index contributed by atoms with van der Waals surface area (Å²) in [4.78, 5) is 27.6. The van der Waals surface area contributed by atoms with Gasteiger partial charge < -0.3 is 14.3 Å². The van der Waals surface area contributed by atoms with Crippen molar-refractivity contribution in [1.82, 2.24) is 0 Å². The first-order valence-electron chi connectivity index (χ1n) is 10.6. The first kappa shape index (κ1) is 21.4. The maximum Gasteiger partial charge on any atom is 0.300 e. The number of hydrogen-bond acceptors (Lipinski definition) is 5. The molecule has 1 fully saturated rings. The van der Waals surface area contributed by atoms with E-state index in [4.69, 9.17) is 9.15 Å². The summed E-state index contributed by atoms with van der Waals surface area (Å²) in [5.74, 6) is 0.00887. The van der Waals surface area contributed by atoms with Crippen LogP contribution in [0, 0.1) is 6.92 Å². The van der Waals surface area contributed by atoms with Crippen molar-refractivity contribution in [3.05, 3.63) is 88.9 Å². The predicted molar refractivity (Wildman–Crippen MR) is 122 cm³/mol. The van der Waals surface area contributed by atoms with Gasteiger partial charge in [-0.05, 0) is 62.2 Å². The molecule has 6 heteroatoms. The molecule has 3 aromatic rings. The Bertz CT molecular complexity index is 1170. The molecule has 4 rings (SSSR count). The minimum atomic E-state index is -0.882. The van der Waals surface area contributed by atoms with Crippen LogP contribution in [0.15, 0.2) is 70.7 Å². The van der Waals surface area contributed by atoms with Gasteiger partial charge in [0.1, 0.15) is 29.1 Å². The van der Waals surface area contributed by atoms with Crippen LogP contribution in [0.1, 0.15) is 42.5 Å². The maximum absolute atomic E-state index is 13.1. The zero-order valence-electron chi connectivity index (χ0n) is 18.3. The van der Waals surface area contributed by atoms with Gasteiger partial charge in [-0.1, -0.05) is 31.2 Å². The largest absolute Gasteiger partial charge is 0.507 e. The molecule has 0 spiro atoms. The number of Topliss-reactive ketones (excluding diaryl/α,β-unsaturated/α-hetero) is 1. The summed E-state index contributed by atoms with van der Waals surface area (Å²) in [7, 11) is 0. The van der Waals surface area contributed by atoms with E-state index in [0.29, 0.717) is 35.1 Å². The molecule has 32 heavy (non-hydrogen) atoms. The Labute approximate surface area is 186 Å². The number of amides is 1. The van der Waals surface area contributed by atoms with Gasteiger partial charge in [-0.2, -0.15) is 0 Å². The molecule has 2 heterocycles. The zero-order valence-corrected chi connectivity index (χ0v) is 18.3. The average Bonchev–Trinajstić information content (AvgIpc) is 3.35. The van der Waals surface area contributed by atoms with E-state index in [1.165, 1.54) is 4.90 Å². The molecule has 6 nitrogen and oxygen atoms in total. The number of aliphatic hydroxyl groups excluding tert-OH is 1. The Kier molecular flexibility index (Phi) is 5.86. The molecule has 2 aromatic carbocycles. The van der Waals surface area contributed by atoms with E-state index >= 15 is 0 Å². The number of ether oxygens (including phenoxy) is 1. The minimum absolute atomic E-state index is 0.00230. The Morgan fingerprint density at radius 1 is 1.00 bits per heavy atom. The first-order chi connectivity index (χ1) is 15.4. The zero-order chi connectivity index (χ0) is 22.8. The number of hydrogen-bond donors (Lipinski definition) is 1. The second-order valence-electron chi connectivity index (χ2n) is 7.59. The predicted octanol–water partition coefficient (Wildman–Crippen LogP) is 5.18. The molecular formula is C26H25NO5. The fraction of sp³-hybridized carbons (Fsp3) is 0.231. The molecule has 1 aliphatic heterocycles. The maximum atomic E-state index is 13.1. The minimum Gasteiger partial charge on any atom is -0.507 e. The number of ketones is 1. The molecule has 1 amide bonds. The van der Waals surface area contributed by atoms with Crippen molar-refractivity contribution in [3.63, 3.8) is 0 Å². The van der Waals surface area contributed by atoms with Crippen LogP contribution in [0.4, 0.5) is 5.69 Å². The number of aliphatic hydroxyl groups is 1. The van der Waals surface area contributed by atoms with Gasteiger partial charge in [0, 0.05) is 11.3 Å². The highest BCUT2D eigenvalue weighted by molar-refractivity contribution is 6.51. The highest BCUT2D eigenvalue weighted by Gasteiger charge is 2.48. The van der Waals surface area contributed by atoms with Crippen molar-refractivity contribution < 1.29 is 23.8 Å². The van der Waals surface area contributed by atoms with Crippen molar-refractivity contribution in [2.45, 2.75) is 33.2 Å². The third-order valence-corrected chi connectivity index (χ3v) is 5.54. The van der Waals surface area contributed by atoms with E-state index in [1.807, 2.05) is 26.0 Å². The summed E-state index contributed by atoms with van der Waals surface area (Å²) >= 11 is 0. The second-order valence-corrected chi connectivity index (χ2v) is 7.59. The van der Waals surface area contributed by atoms with E-state index in [9.17, 15) is 14.7 Å². The van der Waals surface area contributed by atoms with E-state index in [1.54, 1.807) is 55.5 Å². The molecule has 0 bridgehead atoms. The Morgan fingerprint density at radius 2 is 1.69 bits per heavy atom. The fourth-order valence-corrected chi connectivity index (χ4v) is 3.89. The van der Waals surface area contributed by atoms with Gasteiger partial charge in [0.15, 0.2) is 0 Å². The van der Waals surface area contributed by atoms with Crippen molar-refractivity contribution in [3.8, 4) is 5.75 Å². The molecule has 1 unspecified atom stereocenters. The van der Waals surface area contributed by atoms with Crippen LogP contribution in [0.2, 0.25) is 0 Å². The van der Waals surface area contributed by atoms with Gasteiger partial charge in [0.25, 0.3) is 11.7 Å². The monoisotopic (exact) mass is 431 g/mol. The number of anilines is 1. The summed E-state index contributed by atoms with van der Waals surface area (Å²) in [5, 5.41) is 11.1. The Hall–Kier alpha value is -3.80. The number of nitrogens with zero attached hydrogens (tertiary/aromatic N) is 1. The van der Waals surface area contributed by atoms with Crippen LogP contribution in [-0.2, 0) is 16.0 Å². The lowest BCUT2D eigenvalue weighted by Gasteiger charge is -2.23. The van der Waals surface area contributed by atoms with E-state index in [-0.39, 0.29) is 11.3 Å². The normalized spacial score (nSPS) is 17.7. The van der Waals surface area contributed by atoms with Crippen molar-refractivity contribution >= 4 is 23.1 Å². The smallest absolute Gasteiger partial charge is 0.300 e.